The van der Waals surface area contributed by atoms with Gasteiger partial charge in [-0.05, 0) is 24.3 Å². The lowest BCUT2D eigenvalue weighted by Gasteiger charge is -2.20. The summed E-state index contributed by atoms with van der Waals surface area (Å²) < 4.78 is 4.73. The third-order valence-electron chi connectivity index (χ3n) is 3.08. The molecule has 0 unspecified atom stereocenters. The normalized spacial score (nSPS) is 10.0. The van der Waals surface area contributed by atoms with Gasteiger partial charge >= 0.3 is 5.97 Å². The Kier molecular flexibility index (Phi) is 4.60. The minimum Gasteiger partial charge on any atom is -0.465 e. The van der Waals surface area contributed by atoms with Crippen LogP contribution >= 0.6 is 11.6 Å². The highest BCUT2D eigenvalue weighted by Crippen LogP contribution is 2.24. The van der Waals surface area contributed by atoms with Gasteiger partial charge in [0.05, 0.1) is 28.9 Å². The molecule has 0 atom stereocenters. The number of nitrogens with zero attached hydrogens (tertiary/aromatic N) is 1. The van der Waals surface area contributed by atoms with Crippen LogP contribution in [0.15, 0.2) is 48.5 Å². The minimum atomic E-state index is -0.496. The number of hydrogen-bond acceptors (Lipinski definition) is 3. The van der Waals surface area contributed by atoms with Crippen molar-refractivity contribution in [1.82, 2.24) is 0 Å². The Balaban J connectivity index is 2.41. The summed E-state index contributed by atoms with van der Waals surface area (Å²) in [5.74, 6) is -0.790. The molecule has 1 amide bonds. The Bertz CT molecular complexity index is 685. The molecule has 0 bridgehead atoms. The number of ether oxygens (including phenoxy) is 1. The van der Waals surface area contributed by atoms with E-state index in [4.69, 9.17) is 16.3 Å². The summed E-state index contributed by atoms with van der Waals surface area (Å²) in [7, 11) is 2.89. The molecule has 108 valence electrons. The maximum atomic E-state index is 12.5. The standard InChI is InChI=1S/C16H14ClNO3/c1-18(15(19)11-7-3-5-9-13(11)17)14-10-6-4-8-12(14)16(20)21-2/h3-10H,1-2H3. The van der Waals surface area contributed by atoms with E-state index in [1.54, 1.807) is 55.6 Å². The van der Waals surface area contributed by atoms with Gasteiger partial charge in [-0.3, -0.25) is 4.79 Å². The zero-order valence-electron chi connectivity index (χ0n) is 11.7. The van der Waals surface area contributed by atoms with E-state index < -0.39 is 5.97 Å². The predicted molar refractivity (Wildman–Crippen MR) is 82.0 cm³/mol. The number of para-hydroxylation sites is 1. The Morgan fingerprint density at radius 3 is 2.19 bits per heavy atom. The predicted octanol–water partition coefficient (Wildman–Crippen LogP) is 3.40. The van der Waals surface area contributed by atoms with Crippen molar-refractivity contribution in [3.63, 3.8) is 0 Å². The number of methoxy groups -OCH3 is 1. The van der Waals surface area contributed by atoms with Gasteiger partial charge in [-0.2, -0.15) is 0 Å². The van der Waals surface area contributed by atoms with E-state index in [-0.39, 0.29) is 5.91 Å². The van der Waals surface area contributed by atoms with Crippen molar-refractivity contribution in [1.29, 1.82) is 0 Å². The van der Waals surface area contributed by atoms with Crippen LogP contribution in [0.4, 0.5) is 5.69 Å². The fourth-order valence-corrected chi connectivity index (χ4v) is 2.19. The molecule has 5 heteroatoms. The first-order valence-corrected chi connectivity index (χ1v) is 6.64. The molecule has 0 aromatic heterocycles. The molecule has 0 aliphatic heterocycles. The highest BCUT2D eigenvalue weighted by Gasteiger charge is 2.21. The van der Waals surface area contributed by atoms with Crippen LogP contribution in [0.1, 0.15) is 20.7 Å². The molecule has 0 fully saturated rings. The maximum Gasteiger partial charge on any atom is 0.339 e. The number of rotatable bonds is 3. The average Bonchev–Trinajstić information content (AvgIpc) is 2.53. The molecule has 0 N–H and O–H groups in total. The first kappa shape index (κ1) is 15.1. The van der Waals surface area contributed by atoms with Crippen molar-refractivity contribution < 1.29 is 14.3 Å². The van der Waals surface area contributed by atoms with Gasteiger partial charge in [0.15, 0.2) is 0 Å². The van der Waals surface area contributed by atoms with Crippen LogP contribution < -0.4 is 4.90 Å². The van der Waals surface area contributed by atoms with Gasteiger partial charge in [-0.25, -0.2) is 4.79 Å². The molecule has 0 saturated carbocycles. The van der Waals surface area contributed by atoms with Gasteiger partial charge in [0.1, 0.15) is 0 Å². The molecule has 2 rings (SSSR count). The SMILES string of the molecule is COC(=O)c1ccccc1N(C)C(=O)c1ccccc1Cl. The highest BCUT2D eigenvalue weighted by molar-refractivity contribution is 6.34. The summed E-state index contributed by atoms with van der Waals surface area (Å²) in [5, 5.41) is 0.366. The van der Waals surface area contributed by atoms with E-state index in [9.17, 15) is 9.59 Å². The molecule has 2 aromatic carbocycles. The molecule has 2 aromatic rings. The summed E-state index contributed by atoms with van der Waals surface area (Å²) in [4.78, 5) is 25.7. The molecule has 0 aliphatic carbocycles. The van der Waals surface area contributed by atoms with E-state index in [0.29, 0.717) is 21.8 Å². The lowest BCUT2D eigenvalue weighted by molar-refractivity contribution is 0.0601. The van der Waals surface area contributed by atoms with E-state index in [1.165, 1.54) is 12.0 Å². The highest BCUT2D eigenvalue weighted by atomic mass is 35.5. The van der Waals surface area contributed by atoms with Crippen LogP contribution in [-0.2, 0) is 4.74 Å². The van der Waals surface area contributed by atoms with E-state index in [1.807, 2.05) is 0 Å². The molecule has 4 nitrogen and oxygen atoms in total. The smallest absolute Gasteiger partial charge is 0.339 e. The Morgan fingerprint density at radius 2 is 1.57 bits per heavy atom. The molecular formula is C16H14ClNO3. The van der Waals surface area contributed by atoms with Gasteiger partial charge in [0.2, 0.25) is 0 Å². The van der Waals surface area contributed by atoms with Crippen molar-refractivity contribution in [2.45, 2.75) is 0 Å². The summed E-state index contributed by atoms with van der Waals surface area (Å²) >= 11 is 6.04. The Morgan fingerprint density at radius 1 is 1.00 bits per heavy atom. The topological polar surface area (TPSA) is 46.6 Å². The third kappa shape index (κ3) is 3.06. The number of halogens is 1. The molecule has 21 heavy (non-hydrogen) atoms. The lowest BCUT2D eigenvalue weighted by Crippen LogP contribution is -2.28. The van der Waals surface area contributed by atoms with E-state index in [2.05, 4.69) is 0 Å². The number of carbonyl (C=O) groups excluding carboxylic acids is 2. The second-order valence-corrected chi connectivity index (χ2v) is 4.76. The van der Waals surface area contributed by atoms with Crippen LogP contribution in [0, 0.1) is 0 Å². The maximum absolute atomic E-state index is 12.5. The van der Waals surface area contributed by atoms with Crippen molar-refractivity contribution in [3.8, 4) is 0 Å². The number of hydrogen-bond donors (Lipinski definition) is 0. The Labute approximate surface area is 127 Å². The minimum absolute atomic E-state index is 0.294. The fourth-order valence-electron chi connectivity index (χ4n) is 1.97. The van der Waals surface area contributed by atoms with Crippen LogP contribution in [0.25, 0.3) is 0 Å². The number of amides is 1. The lowest BCUT2D eigenvalue weighted by atomic mass is 10.1. The summed E-state index contributed by atoms with van der Waals surface area (Å²) in [6.07, 6.45) is 0. The molecule has 0 saturated heterocycles. The van der Waals surface area contributed by atoms with Crippen LogP contribution in [-0.4, -0.2) is 26.0 Å². The second-order valence-electron chi connectivity index (χ2n) is 4.35. The molecule has 0 spiro atoms. The Hall–Kier alpha value is -2.33. The second kappa shape index (κ2) is 6.41. The van der Waals surface area contributed by atoms with Gasteiger partial charge in [0.25, 0.3) is 5.91 Å². The van der Waals surface area contributed by atoms with Crippen molar-refractivity contribution in [2.75, 3.05) is 19.1 Å². The number of esters is 1. The summed E-state index contributed by atoms with van der Waals surface area (Å²) in [6, 6.07) is 13.5. The van der Waals surface area contributed by atoms with Gasteiger partial charge < -0.3 is 9.64 Å². The number of benzene rings is 2. The summed E-state index contributed by atoms with van der Waals surface area (Å²) in [6.45, 7) is 0. The summed E-state index contributed by atoms with van der Waals surface area (Å²) in [5.41, 5.74) is 1.17. The molecule has 0 heterocycles. The van der Waals surface area contributed by atoms with Crippen LogP contribution in [0.5, 0.6) is 0 Å². The molecular weight excluding hydrogens is 290 g/mol. The van der Waals surface area contributed by atoms with E-state index in [0.717, 1.165) is 0 Å². The first-order valence-electron chi connectivity index (χ1n) is 6.26. The fraction of sp³-hybridized carbons (Fsp3) is 0.125. The van der Waals surface area contributed by atoms with Crippen molar-refractivity contribution >= 4 is 29.2 Å². The van der Waals surface area contributed by atoms with Gasteiger partial charge in [0, 0.05) is 7.05 Å². The first-order chi connectivity index (χ1) is 10.1. The number of carbonyl (C=O) groups is 2. The van der Waals surface area contributed by atoms with E-state index >= 15 is 0 Å². The number of anilines is 1. The van der Waals surface area contributed by atoms with Gasteiger partial charge in [-0.1, -0.05) is 35.9 Å². The van der Waals surface area contributed by atoms with Crippen molar-refractivity contribution in [3.05, 3.63) is 64.7 Å². The molecule has 0 radical (unpaired) electrons. The molecule has 0 aliphatic rings. The zero-order chi connectivity index (χ0) is 15.4. The van der Waals surface area contributed by atoms with Crippen LogP contribution in [0.2, 0.25) is 5.02 Å². The quantitative estimate of drug-likeness (QED) is 0.816. The zero-order valence-corrected chi connectivity index (χ0v) is 12.4. The van der Waals surface area contributed by atoms with Crippen LogP contribution in [0.3, 0.4) is 0 Å². The van der Waals surface area contributed by atoms with Crippen molar-refractivity contribution in [2.24, 2.45) is 0 Å². The van der Waals surface area contributed by atoms with Gasteiger partial charge in [-0.15, -0.1) is 0 Å². The third-order valence-corrected chi connectivity index (χ3v) is 3.41. The largest absolute Gasteiger partial charge is 0.465 e. The average molecular weight is 304 g/mol. The monoisotopic (exact) mass is 303 g/mol.